The van der Waals surface area contributed by atoms with Crippen molar-refractivity contribution in [3.8, 4) is 0 Å². The van der Waals surface area contributed by atoms with Gasteiger partial charge in [0.1, 0.15) is 18.4 Å². The van der Waals surface area contributed by atoms with E-state index in [4.69, 9.17) is 11.6 Å². The van der Waals surface area contributed by atoms with Crippen LogP contribution in [0.3, 0.4) is 0 Å². The number of halogens is 2. The number of nitrogens with one attached hydrogen (secondary N) is 1. The lowest BCUT2D eigenvalue weighted by atomic mass is 10.0. The quantitative estimate of drug-likeness (QED) is 0.193. The maximum absolute atomic E-state index is 15.0. The number of nitrogens with zero attached hydrogens (tertiary/aromatic N) is 2. The smallest absolute Gasteiger partial charge is 0.264 e. The number of amides is 2. The van der Waals surface area contributed by atoms with E-state index in [1.165, 1.54) is 47.4 Å². The van der Waals surface area contributed by atoms with Crippen LogP contribution in [0.1, 0.15) is 25.0 Å². The highest BCUT2D eigenvalue weighted by Crippen LogP contribution is 2.31. The monoisotopic (exact) mass is 635 g/mol. The van der Waals surface area contributed by atoms with E-state index >= 15 is 0 Å². The third kappa shape index (κ3) is 8.24. The predicted octanol–water partition coefficient (Wildman–Crippen LogP) is 6.09. The molecule has 0 fully saturated rings. The van der Waals surface area contributed by atoms with Gasteiger partial charge in [-0.2, -0.15) is 0 Å². The molecule has 10 heteroatoms. The Morgan fingerprint density at radius 1 is 0.841 bits per heavy atom. The fourth-order valence-electron chi connectivity index (χ4n) is 4.67. The second-order valence-corrected chi connectivity index (χ2v) is 13.0. The average molecular weight is 636 g/mol. The van der Waals surface area contributed by atoms with E-state index in [1.54, 1.807) is 36.4 Å². The van der Waals surface area contributed by atoms with E-state index in [0.717, 1.165) is 9.87 Å². The van der Waals surface area contributed by atoms with Gasteiger partial charge >= 0.3 is 0 Å². The van der Waals surface area contributed by atoms with Gasteiger partial charge in [-0.15, -0.1) is 0 Å². The maximum atomic E-state index is 15.0. The van der Waals surface area contributed by atoms with Gasteiger partial charge in [0.05, 0.1) is 15.6 Å². The zero-order chi connectivity index (χ0) is 31.7. The molecule has 1 unspecified atom stereocenters. The Bertz CT molecular complexity index is 1670. The van der Waals surface area contributed by atoms with Crippen LogP contribution in [0.15, 0.2) is 114 Å². The molecule has 44 heavy (non-hydrogen) atoms. The van der Waals surface area contributed by atoms with Gasteiger partial charge in [0.2, 0.25) is 11.8 Å². The standard InChI is InChI=1S/C34H35ClFN3O4S/c1-25(2)22-37-34(41)32(21-26-13-5-3-6-14-26)38(23-27-15-9-11-19-30(27)36)33(40)24-39(31-20-12-10-18-29(31)35)44(42,43)28-16-7-4-8-17-28/h3-20,25,32H,21-24H2,1-2H3,(H,37,41). The SMILES string of the molecule is CC(C)CNC(=O)C(Cc1ccccc1)N(Cc1ccccc1F)C(=O)CN(c1ccccc1Cl)S(=O)(=O)c1ccccc1. The molecule has 2 amide bonds. The normalized spacial score (nSPS) is 12.0. The van der Waals surface area contributed by atoms with E-state index in [9.17, 15) is 22.4 Å². The lowest BCUT2D eigenvalue weighted by molar-refractivity contribution is -0.140. The molecule has 1 atom stereocenters. The lowest BCUT2D eigenvalue weighted by Gasteiger charge is -2.34. The molecular formula is C34H35ClFN3O4S. The Labute approximate surface area is 263 Å². The molecule has 230 valence electrons. The Morgan fingerprint density at radius 3 is 2.07 bits per heavy atom. The molecule has 0 aliphatic rings. The van der Waals surface area contributed by atoms with E-state index in [2.05, 4.69) is 5.32 Å². The molecule has 0 aliphatic carbocycles. The summed E-state index contributed by atoms with van der Waals surface area (Å²) >= 11 is 6.47. The molecule has 0 radical (unpaired) electrons. The van der Waals surface area contributed by atoms with E-state index < -0.39 is 40.2 Å². The Kier molecular flexibility index (Phi) is 11.1. The van der Waals surface area contributed by atoms with Crippen LogP contribution in [-0.4, -0.2) is 44.3 Å². The molecule has 4 rings (SSSR count). The Balaban J connectivity index is 1.81. The van der Waals surface area contributed by atoms with Gasteiger partial charge in [-0.25, -0.2) is 12.8 Å². The van der Waals surface area contributed by atoms with Crippen LogP contribution < -0.4 is 9.62 Å². The van der Waals surface area contributed by atoms with Crippen LogP contribution in [0.25, 0.3) is 0 Å². The van der Waals surface area contributed by atoms with Crippen LogP contribution in [0, 0.1) is 11.7 Å². The summed E-state index contributed by atoms with van der Waals surface area (Å²) in [6, 6.07) is 28.1. The fraction of sp³-hybridized carbons (Fsp3) is 0.235. The first-order chi connectivity index (χ1) is 21.1. The average Bonchev–Trinajstić information content (AvgIpc) is 3.02. The molecule has 0 saturated heterocycles. The molecule has 0 heterocycles. The number of sulfonamides is 1. The van der Waals surface area contributed by atoms with Crippen molar-refractivity contribution in [2.75, 3.05) is 17.4 Å². The van der Waals surface area contributed by atoms with Gasteiger partial charge in [-0.1, -0.05) is 104 Å². The van der Waals surface area contributed by atoms with Crippen molar-refractivity contribution in [2.24, 2.45) is 5.92 Å². The number of hydrogen-bond donors (Lipinski definition) is 1. The number of carbonyl (C=O) groups excluding carboxylic acids is 2. The maximum Gasteiger partial charge on any atom is 0.264 e. The van der Waals surface area contributed by atoms with Crippen molar-refractivity contribution < 1.29 is 22.4 Å². The van der Waals surface area contributed by atoms with Crippen LogP contribution in [0.2, 0.25) is 5.02 Å². The molecule has 0 bridgehead atoms. The van der Waals surface area contributed by atoms with E-state index in [-0.39, 0.29) is 40.1 Å². The highest BCUT2D eigenvalue weighted by atomic mass is 35.5. The van der Waals surface area contributed by atoms with Crippen molar-refractivity contribution >= 4 is 39.1 Å². The summed E-state index contributed by atoms with van der Waals surface area (Å²) in [5.74, 6) is -1.54. The van der Waals surface area contributed by atoms with Crippen molar-refractivity contribution in [3.63, 3.8) is 0 Å². The molecule has 4 aromatic carbocycles. The van der Waals surface area contributed by atoms with Crippen LogP contribution in [-0.2, 0) is 32.6 Å². The second-order valence-electron chi connectivity index (χ2n) is 10.7. The summed E-state index contributed by atoms with van der Waals surface area (Å²) in [7, 11) is -4.29. The number of carbonyl (C=O) groups is 2. The van der Waals surface area contributed by atoms with Gasteiger partial charge in [0.15, 0.2) is 0 Å². The third-order valence-corrected chi connectivity index (χ3v) is 9.08. The summed E-state index contributed by atoms with van der Waals surface area (Å²) < 4.78 is 43.9. The number of anilines is 1. The number of para-hydroxylation sites is 1. The van der Waals surface area contributed by atoms with Crippen molar-refractivity contribution in [1.29, 1.82) is 0 Å². The molecular weight excluding hydrogens is 601 g/mol. The summed E-state index contributed by atoms with van der Waals surface area (Å²) in [5, 5.41) is 3.03. The van der Waals surface area contributed by atoms with Gasteiger partial charge in [-0.05, 0) is 41.8 Å². The molecule has 0 spiro atoms. The first kappa shape index (κ1) is 32.7. The summed E-state index contributed by atoms with van der Waals surface area (Å²) in [4.78, 5) is 29.3. The first-order valence-corrected chi connectivity index (χ1v) is 16.1. The van der Waals surface area contributed by atoms with Gasteiger partial charge in [-0.3, -0.25) is 13.9 Å². The van der Waals surface area contributed by atoms with Crippen LogP contribution >= 0.6 is 11.6 Å². The fourth-order valence-corrected chi connectivity index (χ4v) is 6.42. The van der Waals surface area contributed by atoms with E-state index in [1.807, 2.05) is 44.2 Å². The minimum absolute atomic E-state index is 0.0381. The zero-order valence-electron chi connectivity index (χ0n) is 24.6. The van der Waals surface area contributed by atoms with Gasteiger partial charge in [0, 0.05) is 25.1 Å². The minimum atomic E-state index is -4.29. The Hall–Kier alpha value is -4.21. The van der Waals surface area contributed by atoms with Gasteiger partial charge in [0.25, 0.3) is 10.0 Å². The summed E-state index contributed by atoms with van der Waals surface area (Å²) in [5.41, 5.74) is 1.07. The number of rotatable bonds is 13. The molecule has 0 aromatic heterocycles. The molecule has 4 aromatic rings. The predicted molar refractivity (Wildman–Crippen MR) is 171 cm³/mol. The van der Waals surface area contributed by atoms with Crippen molar-refractivity contribution in [1.82, 2.24) is 10.2 Å². The minimum Gasteiger partial charge on any atom is -0.354 e. The van der Waals surface area contributed by atoms with E-state index in [0.29, 0.717) is 6.54 Å². The Morgan fingerprint density at radius 2 is 1.43 bits per heavy atom. The lowest BCUT2D eigenvalue weighted by Crippen LogP contribution is -2.53. The largest absolute Gasteiger partial charge is 0.354 e. The second kappa shape index (κ2) is 15.0. The highest BCUT2D eigenvalue weighted by molar-refractivity contribution is 7.92. The molecule has 0 aliphatic heterocycles. The first-order valence-electron chi connectivity index (χ1n) is 14.2. The van der Waals surface area contributed by atoms with Crippen LogP contribution in [0.5, 0.6) is 0 Å². The summed E-state index contributed by atoms with van der Waals surface area (Å²) in [6.45, 7) is 3.31. The summed E-state index contributed by atoms with van der Waals surface area (Å²) in [6.07, 6.45) is 0.127. The molecule has 0 saturated carbocycles. The zero-order valence-corrected chi connectivity index (χ0v) is 26.1. The van der Waals surface area contributed by atoms with Gasteiger partial charge < -0.3 is 10.2 Å². The van der Waals surface area contributed by atoms with Crippen LogP contribution in [0.4, 0.5) is 10.1 Å². The number of benzene rings is 4. The topological polar surface area (TPSA) is 86.8 Å². The third-order valence-electron chi connectivity index (χ3n) is 6.99. The van der Waals surface area contributed by atoms with Crippen molar-refractivity contribution in [3.05, 3.63) is 131 Å². The van der Waals surface area contributed by atoms with Crippen molar-refractivity contribution in [2.45, 2.75) is 37.8 Å². The number of hydrogen-bond acceptors (Lipinski definition) is 4. The molecule has 1 N–H and O–H groups in total. The highest BCUT2D eigenvalue weighted by Gasteiger charge is 2.35. The molecule has 7 nitrogen and oxygen atoms in total.